The first-order valence-corrected chi connectivity index (χ1v) is 5.50. The van der Waals surface area contributed by atoms with Crippen molar-refractivity contribution in [3.05, 3.63) is 22.8 Å². The summed E-state index contributed by atoms with van der Waals surface area (Å²) in [6, 6.07) is 0. The molecule has 0 aromatic carbocycles. The van der Waals surface area contributed by atoms with Gasteiger partial charge in [-0.05, 0) is 6.92 Å². The third kappa shape index (κ3) is 2.27. The minimum Gasteiger partial charge on any atom is -0.476 e. The van der Waals surface area contributed by atoms with Crippen LogP contribution in [0.3, 0.4) is 0 Å². The zero-order valence-electron chi connectivity index (χ0n) is 9.86. The number of hydrogen-bond donors (Lipinski definition) is 2. The number of rotatable bonds is 3. The summed E-state index contributed by atoms with van der Waals surface area (Å²) in [7, 11) is 1.55. The van der Waals surface area contributed by atoms with E-state index in [1.54, 1.807) is 14.0 Å². The van der Waals surface area contributed by atoms with Gasteiger partial charge in [0.15, 0.2) is 11.5 Å². The van der Waals surface area contributed by atoms with Crippen LogP contribution in [0.4, 0.5) is 0 Å². The number of nitrogens with one attached hydrogen (secondary N) is 1. The Kier molecular flexibility index (Phi) is 3.35. The zero-order valence-corrected chi connectivity index (χ0v) is 9.86. The molecule has 0 spiro atoms. The van der Waals surface area contributed by atoms with Crippen LogP contribution in [0, 0.1) is 0 Å². The van der Waals surface area contributed by atoms with Gasteiger partial charge in [0.05, 0.1) is 5.69 Å². The zero-order chi connectivity index (χ0) is 12.4. The Morgan fingerprint density at radius 3 is 2.94 bits per heavy atom. The molecule has 0 amide bonds. The van der Waals surface area contributed by atoms with Crippen LogP contribution in [0.15, 0.2) is 0 Å². The number of nitrogens with zero attached hydrogens (tertiary/aromatic N) is 2. The summed E-state index contributed by atoms with van der Waals surface area (Å²) in [5.41, 5.74) is 1.59. The molecule has 2 N–H and O–H groups in total. The summed E-state index contributed by atoms with van der Waals surface area (Å²) in [5, 5.41) is 12.3. The topological polar surface area (TPSA) is 84.3 Å². The second-order valence-electron chi connectivity index (χ2n) is 3.97. The van der Waals surface area contributed by atoms with Gasteiger partial charge >= 0.3 is 5.97 Å². The third-order valence-corrected chi connectivity index (χ3v) is 2.87. The molecule has 17 heavy (non-hydrogen) atoms. The Labute approximate surface area is 99.0 Å². The number of aromatic nitrogens is 2. The van der Waals surface area contributed by atoms with Crippen molar-refractivity contribution in [3.63, 3.8) is 0 Å². The Hall–Kier alpha value is -1.53. The van der Waals surface area contributed by atoms with Gasteiger partial charge in [-0.2, -0.15) is 0 Å². The highest BCUT2D eigenvalue weighted by Crippen LogP contribution is 2.19. The molecule has 0 aliphatic carbocycles. The van der Waals surface area contributed by atoms with E-state index in [0.717, 1.165) is 18.7 Å². The van der Waals surface area contributed by atoms with Gasteiger partial charge in [0.25, 0.3) is 0 Å². The second-order valence-corrected chi connectivity index (χ2v) is 3.97. The highest BCUT2D eigenvalue weighted by Gasteiger charge is 2.23. The number of carboxylic acids is 1. The highest BCUT2D eigenvalue weighted by molar-refractivity contribution is 5.87. The smallest absolute Gasteiger partial charge is 0.354 e. The molecular weight excluding hydrogens is 222 g/mol. The van der Waals surface area contributed by atoms with Crippen molar-refractivity contribution in [2.75, 3.05) is 13.7 Å². The number of carbonyl (C=O) groups is 1. The van der Waals surface area contributed by atoms with E-state index in [1.807, 2.05) is 0 Å². The molecule has 2 heterocycles. The van der Waals surface area contributed by atoms with Gasteiger partial charge in [-0.15, -0.1) is 0 Å². The first kappa shape index (κ1) is 11.9. The monoisotopic (exact) mass is 237 g/mol. The van der Waals surface area contributed by atoms with Crippen LogP contribution in [0.2, 0.25) is 0 Å². The van der Waals surface area contributed by atoms with E-state index in [2.05, 4.69) is 15.3 Å². The summed E-state index contributed by atoms with van der Waals surface area (Å²) in [6.07, 6.45) is 0.426. The van der Waals surface area contributed by atoms with E-state index < -0.39 is 5.97 Å². The fourth-order valence-corrected chi connectivity index (χ4v) is 1.83. The average Bonchev–Trinajstić information content (AvgIpc) is 2.36. The van der Waals surface area contributed by atoms with Crippen LogP contribution in [0.25, 0.3) is 0 Å². The van der Waals surface area contributed by atoms with Gasteiger partial charge in [0.1, 0.15) is 6.10 Å². The Morgan fingerprint density at radius 1 is 1.53 bits per heavy atom. The second kappa shape index (κ2) is 4.77. The summed E-state index contributed by atoms with van der Waals surface area (Å²) in [6.45, 7) is 3.12. The molecule has 0 bridgehead atoms. The molecule has 0 fully saturated rings. The van der Waals surface area contributed by atoms with E-state index in [0.29, 0.717) is 17.9 Å². The van der Waals surface area contributed by atoms with Gasteiger partial charge in [-0.1, -0.05) is 0 Å². The van der Waals surface area contributed by atoms with E-state index in [9.17, 15) is 4.79 Å². The molecule has 0 saturated heterocycles. The third-order valence-electron chi connectivity index (χ3n) is 2.87. The lowest BCUT2D eigenvalue weighted by Crippen LogP contribution is -2.28. The van der Waals surface area contributed by atoms with Crippen LogP contribution in [-0.2, 0) is 17.7 Å². The molecule has 6 nitrogen and oxygen atoms in total. The van der Waals surface area contributed by atoms with E-state index >= 15 is 0 Å². The van der Waals surface area contributed by atoms with Gasteiger partial charge in [-0.25, -0.2) is 14.8 Å². The lowest BCUT2D eigenvalue weighted by molar-refractivity contribution is 0.0684. The molecule has 92 valence electrons. The number of carboxylic acid groups (broad SMARTS) is 1. The predicted octanol–water partition coefficient (Wildman–Crippen LogP) is 0.528. The largest absolute Gasteiger partial charge is 0.476 e. The maximum absolute atomic E-state index is 11.2. The van der Waals surface area contributed by atoms with Crippen LogP contribution in [-0.4, -0.2) is 34.7 Å². The summed E-state index contributed by atoms with van der Waals surface area (Å²) in [4.78, 5) is 19.6. The fraction of sp³-hybridized carbons (Fsp3) is 0.545. The molecule has 0 radical (unpaired) electrons. The number of ether oxygens (including phenoxy) is 1. The molecule has 1 aliphatic rings. The summed E-state index contributed by atoms with van der Waals surface area (Å²) < 4.78 is 5.13. The maximum atomic E-state index is 11.2. The molecule has 6 heteroatoms. The summed E-state index contributed by atoms with van der Waals surface area (Å²) >= 11 is 0. The predicted molar refractivity (Wildman–Crippen MR) is 59.8 cm³/mol. The molecule has 1 unspecified atom stereocenters. The minimum absolute atomic E-state index is 0.0844. The first-order chi connectivity index (χ1) is 8.13. The van der Waals surface area contributed by atoms with Crippen molar-refractivity contribution in [3.8, 4) is 0 Å². The molecule has 1 aromatic rings. The molecule has 0 saturated carbocycles. The minimum atomic E-state index is -1.02. The van der Waals surface area contributed by atoms with Gasteiger partial charge in [-0.3, -0.25) is 0 Å². The standard InChI is InChI=1S/C11H15N3O3/c1-6(17-2)10-13-8-3-4-12-5-7(8)9(14-10)11(15)16/h6,12H,3-5H2,1-2H3,(H,15,16). The Morgan fingerprint density at radius 2 is 2.29 bits per heavy atom. The van der Waals surface area contributed by atoms with Crippen molar-refractivity contribution in [2.45, 2.75) is 26.0 Å². The SMILES string of the molecule is COC(C)c1nc2c(c(C(=O)O)n1)CNCC2. The van der Waals surface area contributed by atoms with Crippen LogP contribution in [0.5, 0.6) is 0 Å². The van der Waals surface area contributed by atoms with Crippen molar-refractivity contribution in [2.24, 2.45) is 0 Å². The normalized spacial score (nSPS) is 16.4. The molecule has 1 atom stereocenters. The molecular formula is C11H15N3O3. The molecule has 2 rings (SSSR count). The van der Waals surface area contributed by atoms with Crippen molar-refractivity contribution in [1.82, 2.24) is 15.3 Å². The summed E-state index contributed by atoms with van der Waals surface area (Å²) in [5.74, 6) is -0.581. The van der Waals surface area contributed by atoms with Gasteiger partial charge in [0.2, 0.25) is 0 Å². The fourth-order valence-electron chi connectivity index (χ4n) is 1.83. The quantitative estimate of drug-likeness (QED) is 0.797. The number of hydrogen-bond acceptors (Lipinski definition) is 5. The van der Waals surface area contributed by atoms with E-state index in [4.69, 9.17) is 9.84 Å². The van der Waals surface area contributed by atoms with Crippen LogP contribution in [0.1, 0.15) is 40.6 Å². The van der Waals surface area contributed by atoms with Gasteiger partial charge in [0, 0.05) is 32.2 Å². The van der Waals surface area contributed by atoms with E-state index in [-0.39, 0.29) is 11.8 Å². The maximum Gasteiger partial charge on any atom is 0.354 e. The van der Waals surface area contributed by atoms with Crippen LogP contribution >= 0.6 is 0 Å². The number of methoxy groups -OCH3 is 1. The molecule has 1 aromatic heterocycles. The molecule has 1 aliphatic heterocycles. The highest BCUT2D eigenvalue weighted by atomic mass is 16.5. The lowest BCUT2D eigenvalue weighted by Gasteiger charge is -2.19. The Balaban J connectivity index is 2.52. The number of aromatic carboxylic acids is 1. The van der Waals surface area contributed by atoms with Gasteiger partial charge < -0.3 is 15.2 Å². The van der Waals surface area contributed by atoms with Crippen molar-refractivity contribution >= 4 is 5.97 Å². The van der Waals surface area contributed by atoms with Crippen LogP contribution < -0.4 is 5.32 Å². The first-order valence-electron chi connectivity index (χ1n) is 5.50. The Bertz CT molecular complexity index is 448. The van der Waals surface area contributed by atoms with E-state index in [1.165, 1.54) is 0 Å². The average molecular weight is 237 g/mol. The van der Waals surface area contributed by atoms with Crippen molar-refractivity contribution in [1.29, 1.82) is 0 Å². The van der Waals surface area contributed by atoms with Crippen molar-refractivity contribution < 1.29 is 14.6 Å². The number of fused-ring (bicyclic) bond motifs is 1. The lowest BCUT2D eigenvalue weighted by atomic mass is 10.0.